The zero-order chi connectivity index (χ0) is 16.6. The Morgan fingerprint density at radius 2 is 2.09 bits per heavy atom. The van der Waals surface area contributed by atoms with Crippen LogP contribution in [0.25, 0.3) is 11.3 Å². The van der Waals surface area contributed by atoms with E-state index in [1.165, 1.54) is 11.3 Å². The summed E-state index contributed by atoms with van der Waals surface area (Å²) in [5, 5.41) is 9.89. The maximum Gasteiger partial charge on any atom is 0.262 e. The van der Waals surface area contributed by atoms with Crippen LogP contribution in [-0.2, 0) is 0 Å². The molecule has 3 rings (SSSR count). The number of rotatable bonds is 3. The van der Waals surface area contributed by atoms with Crippen LogP contribution in [0.2, 0.25) is 10.0 Å². The molecular weight excluding hydrogens is 357 g/mol. The number of carbonyl (C=O) groups excluding carboxylic acids is 1. The van der Waals surface area contributed by atoms with Gasteiger partial charge in [0, 0.05) is 16.0 Å². The SMILES string of the molecule is Cc1noc(C)c1C(=O)Nc1nc(-c2cc(Cl)ccc2Cl)cs1. The van der Waals surface area contributed by atoms with Gasteiger partial charge in [-0.2, -0.15) is 0 Å². The fraction of sp³-hybridized carbons (Fsp3) is 0.133. The molecule has 0 aliphatic rings. The summed E-state index contributed by atoms with van der Waals surface area (Å²) in [6, 6.07) is 5.15. The number of halogens is 2. The predicted molar refractivity (Wildman–Crippen MR) is 91.5 cm³/mol. The molecule has 1 amide bonds. The maximum atomic E-state index is 12.3. The second-order valence-corrected chi connectivity index (χ2v) is 6.52. The first-order valence-electron chi connectivity index (χ1n) is 6.61. The van der Waals surface area contributed by atoms with Gasteiger partial charge < -0.3 is 4.52 Å². The van der Waals surface area contributed by atoms with E-state index in [-0.39, 0.29) is 5.91 Å². The van der Waals surface area contributed by atoms with E-state index in [2.05, 4.69) is 15.5 Å². The lowest BCUT2D eigenvalue weighted by Crippen LogP contribution is -2.13. The molecule has 0 aliphatic carbocycles. The standard InChI is InChI=1S/C15H11Cl2N3O2S/c1-7-13(8(2)22-20-7)14(21)19-15-18-12(6-23-15)10-5-9(16)3-4-11(10)17/h3-6H,1-2H3,(H,18,19,21). The van der Waals surface area contributed by atoms with Crippen LogP contribution in [0.1, 0.15) is 21.8 Å². The molecule has 0 atom stereocenters. The van der Waals surface area contributed by atoms with Crippen LogP contribution in [0, 0.1) is 13.8 Å². The molecule has 23 heavy (non-hydrogen) atoms. The lowest BCUT2D eigenvalue weighted by atomic mass is 10.2. The van der Waals surface area contributed by atoms with Gasteiger partial charge in [-0.05, 0) is 32.0 Å². The molecule has 0 bridgehead atoms. The summed E-state index contributed by atoms with van der Waals surface area (Å²) in [7, 11) is 0. The zero-order valence-electron chi connectivity index (χ0n) is 12.2. The van der Waals surface area contributed by atoms with Crippen molar-refractivity contribution < 1.29 is 9.32 Å². The summed E-state index contributed by atoms with van der Waals surface area (Å²) < 4.78 is 5.00. The van der Waals surface area contributed by atoms with Gasteiger partial charge in [-0.25, -0.2) is 4.98 Å². The molecule has 1 N–H and O–H groups in total. The van der Waals surface area contributed by atoms with Gasteiger partial charge in [0.2, 0.25) is 0 Å². The zero-order valence-corrected chi connectivity index (χ0v) is 14.5. The first-order chi connectivity index (χ1) is 11.0. The monoisotopic (exact) mass is 367 g/mol. The van der Waals surface area contributed by atoms with Gasteiger partial charge in [-0.15, -0.1) is 11.3 Å². The van der Waals surface area contributed by atoms with Crippen molar-refractivity contribution in [2.75, 3.05) is 5.32 Å². The van der Waals surface area contributed by atoms with Crippen molar-refractivity contribution in [1.29, 1.82) is 0 Å². The second-order valence-electron chi connectivity index (χ2n) is 4.82. The van der Waals surface area contributed by atoms with E-state index in [1.807, 2.05) is 0 Å². The van der Waals surface area contributed by atoms with E-state index in [4.69, 9.17) is 27.7 Å². The molecule has 2 aromatic heterocycles. The van der Waals surface area contributed by atoms with Crippen LogP contribution >= 0.6 is 34.5 Å². The Morgan fingerprint density at radius 1 is 1.30 bits per heavy atom. The Labute approximate surface area is 146 Å². The van der Waals surface area contributed by atoms with Crippen LogP contribution in [-0.4, -0.2) is 16.0 Å². The van der Waals surface area contributed by atoms with Crippen molar-refractivity contribution >= 4 is 45.6 Å². The lowest BCUT2D eigenvalue weighted by molar-refractivity contribution is 0.102. The summed E-state index contributed by atoms with van der Waals surface area (Å²) in [5.41, 5.74) is 2.32. The Balaban J connectivity index is 1.85. The van der Waals surface area contributed by atoms with Crippen molar-refractivity contribution in [2.45, 2.75) is 13.8 Å². The number of anilines is 1. The number of aromatic nitrogens is 2. The highest BCUT2D eigenvalue weighted by Gasteiger charge is 2.19. The molecule has 1 aromatic carbocycles. The Bertz CT molecular complexity index is 869. The minimum atomic E-state index is -0.306. The van der Waals surface area contributed by atoms with E-state index in [0.29, 0.717) is 43.5 Å². The minimum Gasteiger partial charge on any atom is -0.361 e. The van der Waals surface area contributed by atoms with Crippen molar-refractivity contribution in [3.05, 3.63) is 50.6 Å². The number of carbonyl (C=O) groups is 1. The van der Waals surface area contributed by atoms with Gasteiger partial charge in [-0.3, -0.25) is 10.1 Å². The van der Waals surface area contributed by atoms with Crippen LogP contribution in [0.4, 0.5) is 5.13 Å². The predicted octanol–water partition coefficient (Wildman–Crippen LogP) is 4.97. The van der Waals surface area contributed by atoms with Crippen molar-refractivity contribution in [3.63, 3.8) is 0 Å². The van der Waals surface area contributed by atoms with Crippen LogP contribution in [0.15, 0.2) is 28.1 Å². The van der Waals surface area contributed by atoms with Crippen molar-refractivity contribution in [1.82, 2.24) is 10.1 Å². The Hall–Kier alpha value is -1.89. The lowest BCUT2D eigenvalue weighted by Gasteiger charge is -2.02. The molecule has 0 spiro atoms. The number of nitrogens with one attached hydrogen (secondary N) is 1. The van der Waals surface area contributed by atoms with Gasteiger partial charge in [0.05, 0.1) is 16.4 Å². The van der Waals surface area contributed by atoms with Gasteiger partial charge in [-0.1, -0.05) is 28.4 Å². The van der Waals surface area contributed by atoms with Gasteiger partial charge in [0.25, 0.3) is 5.91 Å². The van der Waals surface area contributed by atoms with Crippen LogP contribution in [0.3, 0.4) is 0 Å². The molecule has 0 radical (unpaired) electrons. The molecular formula is C15H11Cl2N3O2S. The number of benzene rings is 1. The molecule has 0 fully saturated rings. The quantitative estimate of drug-likeness (QED) is 0.708. The molecule has 0 unspecified atom stereocenters. The van der Waals surface area contributed by atoms with Gasteiger partial charge >= 0.3 is 0 Å². The van der Waals surface area contributed by atoms with E-state index in [0.717, 1.165) is 0 Å². The van der Waals surface area contributed by atoms with E-state index in [9.17, 15) is 4.79 Å². The van der Waals surface area contributed by atoms with E-state index < -0.39 is 0 Å². The number of amides is 1. The summed E-state index contributed by atoms with van der Waals surface area (Å²) in [6.45, 7) is 3.40. The molecule has 2 heterocycles. The van der Waals surface area contributed by atoms with Gasteiger partial charge in [0.15, 0.2) is 5.13 Å². The largest absolute Gasteiger partial charge is 0.361 e. The first-order valence-corrected chi connectivity index (χ1v) is 8.24. The number of thiazole rings is 1. The highest BCUT2D eigenvalue weighted by Crippen LogP contribution is 2.32. The molecule has 118 valence electrons. The number of aryl methyl sites for hydroxylation is 2. The third-order valence-electron chi connectivity index (χ3n) is 3.19. The molecule has 0 saturated heterocycles. The van der Waals surface area contributed by atoms with Gasteiger partial charge in [0.1, 0.15) is 11.3 Å². The highest BCUT2D eigenvalue weighted by molar-refractivity contribution is 7.14. The van der Waals surface area contributed by atoms with Crippen molar-refractivity contribution in [2.24, 2.45) is 0 Å². The average molecular weight is 368 g/mol. The normalized spacial score (nSPS) is 10.8. The summed E-state index contributed by atoms with van der Waals surface area (Å²) in [4.78, 5) is 16.7. The minimum absolute atomic E-state index is 0.306. The first kappa shape index (κ1) is 16.0. The summed E-state index contributed by atoms with van der Waals surface area (Å²) in [5.74, 6) is 0.161. The third kappa shape index (κ3) is 3.24. The Morgan fingerprint density at radius 3 is 2.78 bits per heavy atom. The number of hydrogen-bond donors (Lipinski definition) is 1. The maximum absolute atomic E-state index is 12.3. The molecule has 8 heteroatoms. The van der Waals surface area contributed by atoms with Crippen LogP contribution in [0.5, 0.6) is 0 Å². The average Bonchev–Trinajstić information content (AvgIpc) is 3.08. The fourth-order valence-electron chi connectivity index (χ4n) is 2.12. The molecule has 5 nitrogen and oxygen atoms in total. The summed E-state index contributed by atoms with van der Waals surface area (Å²) >= 11 is 13.5. The van der Waals surface area contributed by atoms with Crippen LogP contribution < -0.4 is 5.32 Å². The highest BCUT2D eigenvalue weighted by atomic mass is 35.5. The third-order valence-corrected chi connectivity index (χ3v) is 4.51. The molecule has 0 aliphatic heterocycles. The molecule has 3 aromatic rings. The number of hydrogen-bond acceptors (Lipinski definition) is 5. The number of nitrogens with zero attached hydrogens (tertiary/aromatic N) is 2. The van der Waals surface area contributed by atoms with E-state index >= 15 is 0 Å². The summed E-state index contributed by atoms with van der Waals surface area (Å²) in [6.07, 6.45) is 0. The smallest absolute Gasteiger partial charge is 0.262 e. The molecule has 0 saturated carbocycles. The fourth-order valence-corrected chi connectivity index (χ4v) is 3.21. The second kappa shape index (κ2) is 6.31. The topological polar surface area (TPSA) is 68.0 Å². The van der Waals surface area contributed by atoms with E-state index in [1.54, 1.807) is 37.4 Å². The Kier molecular flexibility index (Phi) is 4.39. The van der Waals surface area contributed by atoms with Crippen molar-refractivity contribution in [3.8, 4) is 11.3 Å².